The molecule has 0 saturated carbocycles. The van der Waals surface area contributed by atoms with E-state index in [2.05, 4.69) is 4.74 Å². The Morgan fingerprint density at radius 3 is 1.75 bits per heavy atom. The lowest BCUT2D eigenvalue weighted by Gasteiger charge is -2.33. The Morgan fingerprint density at radius 1 is 0.938 bits per heavy atom. The summed E-state index contributed by atoms with van der Waals surface area (Å²) < 4.78 is 111. The normalized spacial score (nSPS) is 27.4. The van der Waals surface area contributed by atoms with Gasteiger partial charge in [0.15, 0.2) is 0 Å². The van der Waals surface area contributed by atoms with Gasteiger partial charge in [0.25, 0.3) is 0 Å². The smallest absolute Gasteiger partial charge is 0.243 e. The lowest BCUT2D eigenvalue weighted by Crippen LogP contribution is -2.57. The number of hydrogen-bond donors (Lipinski definition) is 0. The van der Waals surface area contributed by atoms with Crippen molar-refractivity contribution >= 4 is 5.71 Å². The molecule has 0 amide bonds. The molecule has 0 radical (unpaired) electrons. The molecule has 0 bridgehead atoms. The van der Waals surface area contributed by atoms with Crippen molar-refractivity contribution in [1.29, 1.82) is 0 Å². The highest BCUT2D eigenvalue weighted by molar-refractivity contribution is 5.95. The van der Waals surface area contributed by atoms with Crippen molar-refractivity contribution in [3.8, 4) is 0 Å². The topological polar surface area (TPSA) is 21.6 Å². The molecular formula is C5F9NO. The lowest BCUT2D eigenvalue weighted by molar-refractivity contribution is -0.422. The molecule has 1 heterocycles. The van der Waals surface area contributed by atoms with Crippen LogP contribution in [-0.2, 0) is 4.74 Å². The summed E-state index contributed by atoms with van der Waals surface area (Å²) in [6.07, 6.45) is -17.5. The molecule has 0 atom stereocenters. The summed E-state index contributed by atoms with van der Waals surface area (Å²) in [7, 11) is 0. The number of alkyl halides is 9. The number of ether oxygens (including phenoxy) is 1. The average molecular weight is 261 g/mol. The third-order valence-corrected chi connectivity index (χ3v) is 1.40. The molecule has 2 nitrogen and oxygen atoms in total. The van der Waals surface area contributed by atoms with Crippen molar-refractivity contribution < 1.29 is 44.3 Å². The Kier molecular flexibility index (Phi) is 2.46. The Bertz CT molecular complexity index is 329. The first-order chi connectivity index (χ1) is 6.80. The third kappa shape index (κ3) is 1.95. The number of hydrogen-bond acceptors (Lipinski definition) is 2. The van der Waals surface area contributed by atoms with Crippen LogP contribution in [0.1, 0.15) is 0 Å². The summed E-state index contributed by atoms with van der Waals surface area (Å²) in [6, 6.07) is -5.71. The van der Waals surface area contributed by atoms with E-state index >= 15 is 0 Å². The second-order valence-electron chi connectivity index (χ2n) is 2.64. The van der Waals surface area contributed by atoms with Gasteiger partial charge in [-0.15, -0.1) is 0 Å². The molecule has 16 heavy (non-hydrogen) atoms. The lowest BCUT2D eigenvalue weighted by atomic mass is 10.3. The van der Waals surface area contributed by atoms with Crippen LogP contribution >= 0.6 is 0 Å². The summed E-state index contributed by atoms with van der Waals surface area (Å²) in [5, 5.41) is 0. The molecular weight excluding hydrogens is 261 g/mol. The van der Waals surface area contributed by atoms with E-state index in [-0.39, 0.29) is 0 Å². The van der Waals surface area contributed by atoms with Gasteiger partial charge in [-0.2, -0.15) is 44.5 Å². The predicted octanol–water partition coefficient (Wildman–Crippen LogP) is 2.80. The summed E-state index contributed by atoms with van der Waals surface area (Å²) in [6.45, 7) is 0. The van der Waals surface area contributed by atoms with Crippen LogP contribution in [0, 0.1) is 0 Å². The highest BCUT2D eigenvalue weighted by Crippen LogP contribution is 2.47. The molecule has 0 aromatic rings. The molecule has 0 unspecified atom stereocenters. The van der Waals surface area contributed by atoms with Crippen molar-refractivity contribution in [2.75, 3.05) is 0 Å². The van der Waals surface area contributed by atoms with Crippen LogP contribution in [0.15, 0.2) is 4.99 Å². The van der Waals surface area contributed by atoms with Gasteiger partial charge in [-0.1, -0.05) is 0 Å². The molecule has 11 heteroatoms. The van der Waals surface area contributed by atoms with Crippen LogP contribution in [0.2, 0.25) is 0 Å². The van der Waals surface area contributed by atoms with Gasteiger partial charge in [0.2, 0.25) is 5.71 Å². The maximum Gasteiger partial charge on any atom is 0.447 e. The SMILES string of the molecule is FC(F)(F)C1=NC(F)(F)C(F)(F)OC1(F)F. The first-order valence-corrected chi connectivity index (χ1v) is 3.31. The van der Waals surface area contributed by atoms with Gasteiger partial charge >= 0.3 is 24.4 Å². The van der Waals surface area contributed by atoms with Crippen LogP contribution in [0.25, 0.3) is 0 Å². The van der Waals surface area contributed by atoms with E-state index in [1.807, 2.05) is 0 Å². The Labute approximate surface area is 80.7 Å². The molecule has 0 N–H and O–H groups in total. The zero-order chi connectivity index (χ0) is 13.0. The molecule has 1 aliphatic heterocycles. The van der Waals surface area contributed by atoms with Crippen molar-refractivity contribution in [3.63, 3.8) is 0 Å². The molecule has 94 valence electrons. The summed E-state index contributed by atoms with van der Waals surface area (Å²) in [5.41, 5.74) is -3.41. The molecule has 1 rings (SSSR count). The van der Waals surface area contributed by atoms with Crippen LogP contribution in [-0.4, -0.2) is 30.2 Å². The monoisotopic (exact) mass is 261 g/mol. The van der Waals surface area contributed by atoms with E-state index in [1.54, 1.807) is 0 Å². The molecule has 0 aromatic heterocycles. The number of rotatable bonds is 0. The Hall–Kier alpha value is -1.00. The fraction of sp³-hybridized carbons (Fsp3) is 0.800. The van der Waals surface area contributed by atoms with E-state index < -0.39 is 30.2 Å². The van der Waals surface area contributed by atoms with Crippen molar-refractivity contribution in [1.82, 2.24) is 0 Å². The summed E-state index contributed by atoms with van der Waals surface area (Å²) in [4.78, 5) is 1.02. The molecule has 0 spiro atoms. The van der Waals surface area contributed by atoms with Gasteiger partial charge in [0.1, 0.15) is 0 Å². The Morgan fingerprint density at radius 2 is 1.38 bits per heavy atom. The second-order valence-corrected chi connectivity index (χ2v) is 2.64. The zero-order valence-electron chi connectivity index (χ0n) is 6.76. The fourth-order valence-electron chi connectivity index (χ4n) is 0.770. The standard InChI is InChI=1S/C5F9NO/c6-2(7,8)1-3(9,10)16-5(13,14)4(11,12)15-1. The first kappa shape index (κ1) is 13.1. The Balaban J connectivity index is 3.34. The maximum atomic E-state index is 12.3. The number of aliphatic imine (C=N–C) groups is 1. The van der Waals surface area contributed by atoms with E-state index in [4.69, 9.17) is 0 Å². The molecule has 1 aliphatic rings. The van der Waals surface area contributed by atoms with Crippen LogP contribution in [0.3, 0.4) is 0 Å². The molecule has 0 saturated heterocycles. The van der Waals surface area contributed by atoms with Crippen molar-refractivity contribution in [2.24, 2.45) is 4.99 Å². The highest BCUT2D eigenvalue weighted by Gasteiger charge is 2.72. The van der Waals surface area contributed by atoms with E-state index in [0.717, 1.165) is 4.99 Å². The predicted molar refractivity (Wildman–Crippen MR) is 29.4 cm³/mol. The van der Waals surface area contributed by atoms with Gasteiger partial charge in [0.05, 0.1) is 0 Å². The van der Waals surface area contributed by atoms with E-state index in [9.17, 15) is 39.5 Å². The zero-order valence-corrected chi connectivity index (χ0v) is 6.76. The van der Waals surface area contributed by atoms with Gasteiger partial charge in [-0.05, 0) is 0 Å². The summed E-state index contributed by atoms with van der Waals surface area (Å²) in [5.74, 6) is 0. The molecule has 0 fully saturated rings. The van der Waals surface area contributed by atoms with Crippen LogP contribution < -0.4 is 0 Å². The minimum absolute atomic E-state index is 1.02. The van der Waals surface area contributed by atoms with Gasteiger partial charge in [0, 0.05) is 0 Å². The minimum Gasteiger partial charge on any atom is -0.243 e. The van der Waals surface area contributed by atoms with Crippen LogP contribution in [0.4, 0.5) is 39.5 Å². The quantitative estimate of drug-likeness (QED) is 0.485. The van der Waals surface area contributed by atoms with Gasteiger partial charge in [-0.3, -0.25) is 0 Å². The summed E-state index contributed by atoms with van der Waals surface area (Å²) >= 11 is 0. The minimum atomic E-state index is -6.01. The van der Waals surface area contributed by atoms with Gasteiger partial charge in [-0.25, -0.2) is 4.74 Å². The largest absolute Gasteiger partial charge is 0.447 e. The fourth-order valence-corrected chi connectivity index (χ4v) is 0.770. The number of halogens is 9. The average Bonchev–Trinajstić information content (AvgIpc) is 1.93. The van der Waals surface area contributed by atoms with Crippen molar-refractivity contribution in [2.45, 2.75) is 24.4 Å². The molecule has 0 aliphatic carbocycles. The second kappa shape index (κ2) is 3.02. The van der Waals surface area contributed by atoms with E-state index in [1.165, 1.54) is 0 Å². The number of nitrogens with zero attached hydrogens (tertiary/aromatic N) is 1. The first-order valence-electron chi connectivity index (χ1n) is 3.31. The molecule has 0 aromatic carbocycles. The van der Waals surface area contributed by atoms with Crippen LogP contribution in [0.5, 0.6) is 0 Å². The van der Waals surface area contributed by atoms with E-state index in [0.29, 0.717) is 0 Å². The highest BCUT2D eigenvalue weighted by atomic mass is 19.4. The third-order valence-electron chi connectivity index (χ3n) is 1.40. The van der Waals surface area contributed by atoms with Gasteiger partial charge < -0.3 is 0 Å². The van der Waals surface area contributed by atoms with Crippen molar-refractivity contribution in [3.05, 3.63) is 0 Å². The maximum absolute atomic E-state index is 12.3.